The number of aromatic nitrogens is 2. The molecule has 1 aromatic heterocycles. The van der Waals surface area contributed by atoms with E-state index in [2.05, 4.69) is 9.97 Å². The van der Waals surface area contributed by atoms with Crippen LogP contribution in [0.15, 0.2) is 24.5 Å². The van der Waals surface area contributed by atoms with E-state index in [-0.39, 0.29) is 0 Å². The van der Waals surface area contributed by atoms with Crippen LogP contribution in [-0.4, -0.2) is 17.1 Å². The Hall–Kier alpha value is -1.84. The highest BCUT2D eigenvalue weighted by Crippen LogP contribution is 2.22. The van der Waals surface area contributed by atoms with E-state index in [1.54, 1.807) is 19.2 Å². The van der Waals surface area contributed by atoms with Crippen molar-refractivity contribution in [2.75, 3.05) is 12.8 Å². The molecule has 0 aliphatic rings. The van der Waals surface area contributed by atoms with Crippen LogP contribution in [-0.2, 0) is 0 Å². The van der Waals surface area contributed by atoms with Crippen molar-refractivity contribution in [3.8, 4) is 5.88 Å². The monoisotopic (exact) mass is 175 g/mol. The van der Waals surface area contributed by atoms with Gasteiger partial charge in [-0.15, -0.1) is 0 Å². The Morgan fingerprint density at radius 3 is 2.92 bits per heavy atom. The van der Waals surface area contributed by atoms with Gasteiger partial charge in [0.15, 0.2) is 0 Å². The van der Waals surface area contributed by atoms with Crippen molar-refractivity contribution in [2.24, 2.45) is 0 Å². The topological polar surface area (TPSA) is 61.0 Å². The van der Waals surface area contributed by atoms with Gasteiger partial charge in [0.05, 0.1) is 18.0 Å². The first kappa shape index (κ1) is 7.79. The average molecular weight is 175 g/mol. The predicted octanol–water partition coefficient (Wildman–Crippen LogP) is 1.22. The van der Waals surface area contributed by atoms with Gasteiger partial charge in [0.2, 0.25) is 5.88 Å². The normalized spacial score (nSPS) is 10.2. The number of nitrogens with two attached hydrogens (primary N) is 1. The lowest BCUT2D eigenvalue weighted by atomic mass is 10.2. The molecule has 1 aromatic carbocycles. The van der Waals surface area contributed by atoms with E-state index in [1.165, 1.54) is 6.33 Å². The zero-order chi connectivity index (χ0) is 9.26. The molecule has 0 saturated heterocycles. The van der Waals surface area contributed by atoms with E-state index in [1.807, 2.05) is 6.07 Å². The average Bonchev–Trinajstić information content (AvgIpc) is 2.17. The van der Waals surface area contributed by atoms with Crippen LogP contribution in [0.5, 0.6) is 5.88 Å². The van der Waals surface area contributed by atoms with Crippen molar-refractivity contribution in [2.45, 2.75) is 0 Å². The van der Waals surface area contributed by atoms with Crippen molar-refractivity contribution in [3.63, 3.8) is 0 Å². The van der Waals surface area contributed by atoms with Gasteiger partial charge in [-0.3, -0.25) is 0 Å². The summed E-state index contributed by atoms with van der Waals surface area (Å²) in [5.41, 5.74) is 7.15. The number of hydrogen-bond donors (Lipinski definition) is 1. The largest absolute Gasteiger partial charge is 0.480 e. The number of anilines is 1. The first-order valence-corrected chi connectivity index (χ1v) is 3.85. The summed E-state index contributed by atoms with van der Waals surface area (Å²) in [6.07, 6.45) is 1.47. The minimum atomic E-state index is 0.553. The van der Waals surface area contributed by atoms with Gasteiger partial charge in [-0.05, 0) is 18.2 Å². The summed E-state index contributed by atoms with van der Waals surface area (Å²) in [6.45, 7) is 0. The van der Waals surface area contributed by atoms with E-state index in [4.69, 9.17) is 10.5 Å². The summed E-state index contributed by atoms with van der Waals surface area (Å²) < 4.78 is 5.08. The van der Waals surface area contributed by atoms with Crippen molar-refractivity contribution in [1.29, 1.82) is 0 Å². The number of nitrogen functional groups attached to an aromatic ring is 1. The summed E-state index contributed by atoms with van der Waals surface area (Å²) in [5.74, 6) is 0.553. The lowest BCUT2D eigenvalue weighted by Crippen LogP contribution is -1.92. The fourth-order valence-electron chi connectivity index (χ4n) is 1.21. The van der Waals surface area contributed by atoms with Gasteiger partial charge in [0.25, 0.3) is 0 Å². The summed E-state index contributed by atoms with van der Waals surface area (Å²) in [7, 11) is 1.57. The van der Waals surface area contributed by atoms with Crippen molar-refractivity contribution in [3.05, 3.63) is 24.5 Å². The third-order valence-corrected chi connectivity index (χ3v) is 1.82. The Balaban J connectivity index is 2.79. The van der Waals surface area contributed by atoms with Crippen LogP contribution < -0.4 is 10.5 Å². The Bertz CT molecular complexity index is 442. The van der Waals surface area contributed by atoms with Crippen LogP contribution in [0.4, 0.5) is 5.69 Å². The highest BCUT2D eigenvalue weighted by atomic mass is 16.5. The smallest absolute Gasteiger partial charge is 0.224 e. The zero-order valence-corrected chi connectivity index (χ0v) is 7.19. The highest BCUT2D eigenvalue weighted by molar-refractivity contribution is 5.85. The van der Waals surface area contributed by atoms with E-state index in [0.29, 0.717) is 11.6 Å². The van der Waals surface area contributed by atoms with E-state index in [9.17, 15) is 0 Å². The van der Waals surface area contributed by atoms with Gasteiger partial charge < -0.3 is 10.5 Å². The molecule has 0 amide bonds. The maximum Gasteiger partial charge on any atom is 0.224 e. The molecule has 0 unspecified atom stereocenters. The van der Waals surface area contributed by atoms with Gasteiger partial charge in [-0.25, -0.2) is 9.97 Å². The standard InChI is InChI=1S/C9H9N3O/c1-13-9-7-4-6(10)2-3-8(7)11-5-12-9/h2-5H,10H2,1H3. The maximum absolute atomic E-state index is 5.64. The zero-order valence-electron chi connectivity index (χ0n) is 7.19. The molecule has 0 bridgehead atoms. The summed E-state index contributed by atoms with van der Waals surface area (Å²) in [6, 6.07) is 5.44. The number of ether oxygens (including phenoxy) is 1. The third kappa shape index (κ3) is 1.26. The number of methoxy groups -OCH3 is 1. The molecular weight excluding hydrogens is 166 g/mol. The molecule has 2 aromatic rings. The first-order valence-electron chi connectivity index (χ1n) is 3.85. The summed E-state index contributed by atoms with van der Waals surface area (Å²) in [4.78, 5) is 8.06. The molecular formula is C9H9N3O. The third-order valence-electron chi connectivity index (χ3n) is 1.82. The number of nitrogens with zero attached hydrogens (tertiary/aromatic N) is 2. The van der Waals surface area contributed by atoms with Crippen LogP contribution in [0.3, 0.4) is 0 Å². The SMILES string of the molecule is COc1ncnc2ccc(N)cc12. The number of benzene rings is 1. The fraction of sp³-hybridized carbons (Fsp3) is 0.111. The van der Waals surface area contributed by atoms with Crippen LogP contribution in [0.2, 0.25) is 0 Å². The number of rotatable bonds is 1. The Kier molecular flexibility index (Phi) is 1.73. The molecule has 0 saturated carbocycles. The van der Waals surface area contributed by atoms with Gasteiger partial charge >= 0.3 is 0 Å². The molecule has 13 heavy (non-hydrogen) atoms. The second kappa shape index (κ2) is 2.90. The van der Waals surface area contributed by atoms with E-state index >= 15 is 0 Å². The quantitative estimate of drug-likeness (QED) is 0.662. The van der Waals surface area contributed by atoms with E-state index in [0.717, 1.165) is 10.9 Å². The van der Waals surface area contributed by atoms with Crippen LogP contribution in [0.1, 0.15) is 0 Å². The minimum absolute atomic E-state index is 0.553. The molecule has 0 aliphatic carbocycles. The molecule has 4 heteroatoms. The Morgan fingerprint density at radius 2 is 2.15 bits per heavy atom. The molecule has 0 radical (unpaired) electrons. The number of hydrogen-bond acceptors (Lipinski definition) is 4. The number of fused-ring (bicyclic) bond motifs is 1. The Morgan fingerprint density at radius 1 is 1.31 bits per heavy atom. The first-order chi connectivity index (χ1) is 6.31. The molecule has 66 valence electrons. The van der Waals surface area contributed by atoms with Gasteiger partial charge in [0, 0.05) is 5.69 Å². The molecule has 0 atom stereocenters. The molecule has 4 nitrogen and oxygen atoms in total. The molecule has 2 rings (SSSR count). The molecule has 0 spiro atoms. The highest BCUT2D eigenvalue weighted by Gasteiger charge is 2.02. The predicted molar refractivity (Wildman–Crippen MR) is 50.5 cm³/mol. The van der Waals surface area contributed by atoms with Gasteiger partial charge in [-0.2, -0.15) is 0 Å². The maximum atomic E-state index is 5.64. The fourth-order valence-corrected chi connectivity index (χ4v) is 1.21. The van der Waals surface area contributed by atoms with Gasteiger partial charge in [0.1, 0.15) is 6.33 Å². The summed E-state index contributed by atoms with van der Waals surface area (Å²) in [5, 5.41) is 0.838. The van der Waals surface area contributed by atoms with E-state index < -0.39 is 0 Å². The van der Waals surface area contributed by atoms with Crippen molar-refractivity contribution in [1.82, 2.24) is 9.97 Å². The molecule has 0 aliphatic heterocycles. The minimum Gasteiger partial charge on any atom is -0.480 e. The van der Waals surface area contributed by atoms with Crippen molar-refractivity contribution >= 4 is 16.6 Å². The van der Waals surface area contributed by atoms with Crippen LogP contribution >= 0.6 is 0 Å². The lowest BCUT2D eigenvalue weighted by molar-refractivity contribution is 0.402. The van der Waals surface area contributed by atoms with Crippen LogP contribution in [0.25, 0.3) is 10.9 Å². The lowest BCUT2D eigenvalue weighted by Gasteiger charge is -2.03. The van der Waals surface area contributed by atoms with Gasteiger partial charge in [-0.1, -0.05) is 0 Å². The second-order valence-corrected chi connectivity index (χ2v) is 2.66. The molecule has 0 fully saturated rings. The molecule has 1 heterocycles. The second-order valence-electron chi connectivity index (χ2n) is 2.66. The molecule has 2 N–H and O–H groups in total. The van der Waals surface area contributed by atoms with Crippen LogP contribution in [0, 0.1) is 0 Å². The summed E-state index contributed by atoms with van der Waals surface area (Å²) >= 11 is 0. The Labute approximate surface area is 75.4 Å². The van der Waals surface area contributed by atoms with Crippen molar-refractivity contribution < 1.29 is 4.74 Å².